The zero-order valence-corrected chi connectivity index (χ0v) is 16.0. The highest BCUT2D eigenvalue weighted by atomic mass is 32.1. The van der Waals surface area contributed by atoms with Gasteiger partial charge < -0.3 is 10.2 Å². The Labute approximate surface area is 157 Å². The van der Waals surface area contributed by atoms with Crippen LogP contribution in [-0.4, -0.2) is 35.3 Å². The summed E-state index contributed by atoms with van der Waals surface area (Å²) in [5, 5.41) is 5.73. The maximum Gasteiger partial charge on any atom is 0.315 e. The molecule has 0 saturated carbocycles. The minimum atomic E-state index is -0.695. The van der Waals surface area contributed by atoms with Crippen LogP contribution >= 0.6 is 11.3 Å². The van der Waals surface area contributed by atoms with Gasteiger partial charge in [-0.25, -0.2) is 4.98 Å². The Bertz CT molecular complexity index is 785. The summed E-state index contributed by atoms with van der Waals surface area (Å²) in [6, 6.07) is 7.62. The normalized spacial score (nSPS) is 13.9. The molecule has 2 heterocycles. The van der Waals surface area contributed by atoms with Crippen molar-refractivity contribution < 1.29 is 9.59 Å². The number of hydrogen-bond donors (Lipinski definition) is 2. The van der Waals surface area contributed by atoms with Crippen molar-refractivity contribution in [2.45, 2.75) is 39.2 Å². The Morgan fingerprint density at radius 2 is 1.92 bits per heavy atom. The van der Waals surface area contributed by atoms with Crippen molar-refractivity contribution in [3.8, 4) is 0 Å². The number of nitrogens with one attached hydrogen (secondary N) is 2. The number of fused-ring (bicyclic) bond motifs is 1. The molecule has 0 saturated heterocycles. The van der Waals surface area contributed by atoms with Crippen molar-refractivity contribution in [3.05, 3.63) is 40.4 Å². The number of nitrogens with zero attached hydrogens (tertiary/aromatic N) is 2. The van der Waals surface area contributed by atoms with Gasteiger partial charge in [0, 0.05) is 30.1 Å². The molecular formula is C19H24N4O2S. The quantitative estimate of drug-likeness (QED) is 0.791. The molecule has 3 rings (SSSR count). The molecule has 1 aliphatic heterocycles. The predicted octanol–water partition coefficient (Wildman–Crippen LogP) is 3.05. The van der Waals surface area contributed by atoms with E-state index in [1.165, 1.54) is 16.9 Å². The molecule has 2 amide bonds. The number of carbonyl (C=O) groups is 2. The summed E-state index contributed by atoms with van der Waals surface area (Å²) in [6.45, 7) is 3.95. The number of anilines is 2. The topological polar surface area (TPSA) is 74.3 Å². The third-order valence-electron chi connectivity index (χ3n) is 4.38. The molecule has 138 valence electrons. The highest BCUT2D eigenvalue weighted by Gasteiger charge is 2.21. The van der Waals surface area contributed by atoms with Gasteiger partial charge in [-0.2, -0.15) is 0 Å². The van der Waals surface area contributed by atoms with Crippen molar-refractivity contribution in [3.63, 3.8) is 0 Å². The van der Waals surface area contributed by atoms with Gasteiger partial charge in [0.1, 0.15) is 0 Å². The molecule has 1 aliphatic rings. The monoisotopic (exact) mass is 372 g/mol. The van der Waals surface area contributed by atoms with Crippen molar-refractivity contribution in [1.82, 2.24) is 9.88 Å². The fourth-order valence-electron chi connectivity index (χ4n) is 2.85. The van der Waals surface area contributed by atoms with E-state index in [1.54, 1.807) is 0 Å². The standard InChI is InChI=1S/C19H24N4O2S/c1-3-4-5-13-6-8-14(9-7-13)20-17(24)18(25)22-19-21-15-10-11-23(2)12-16(15)26-19/h6-9H,3-5,10-12H2,1-2H3,(H,20,24)(H,21,22,25). The van der Waals surface area contributed by atoms with E-state index in [9.17, 15) is 9.59 Å². The fraction of sp³-hybridized carbons (Fsp3) is 0.421. The van der Waals surface area contributed by atoms with Crippen LogP contribution < -0.4 is 10.6 Å². The number of amides is 2. The summed E-state index contributed by atoms with van der Waals surface area (Å²) >= 11 is 1.44. The van der Waals surface area contributed by atoms with Crippen LogP contribution in [0, 0.1) is 0 Å². The average Bonchev–Trinajstić information content (AvgIpc) is 3.02. The van der Waals surface area contributed by atoms with E-state index in [4.69, 9.17) is 0 Å². The third-order valence-corrected chi connectivity index (χ3v) is 5.38. The van der Waals surface area contributed by atoms with E-state index in [0.29, 0.717) is 10.8 Å². The first-order valence-electron chi connectivity index (χ1n) is 8.93. The van der Waals surface area contributed by atoms with Gasteiger partial charge in [-0.05, 0) is 37.6 Å². The van der Waals surface area contributed by atoms with Gasteiger partial charge in [0.15, 0.2) is 5.13 Å². The molecule has 2 aromatic rings. The van der Waals surface area contributed by atoms with E-state index in [0.717, 1.165) is 49.3 Å². The highest BCUT2D eigenvalue weighted by Crippen LogP contribution is 2.27. The number of carbonyl (C=O) groups excluding carboxylic acids is 2. The summed E-state index contributed by atoms with van der Waals surface area (Å²) < 4.78 is 0. The van der Waals surface area contributed by atoms with E-state index < -0.39 is 11.8 Å². The van der Waals surface area contributed by atoms with Crippen LogP contribution in [0.15, 0.2) is 24.3 Å². The predicted molar refractivity (Wildman–Crippen MR) is 104 cm³/mol. The minimum Gasteiger partial charge on any atom is -0.318 e. The Kier molecular flexibility index (Phi) is 6.00. The van der Waals surface area contributed by atoms with Crippen molar-refractivity contribution in [1.29, 1.82) is 0 Å². The van der Waals surface area contributed by atoms with Crippen molar-refractivity contribution in [2.24, 2.45) is 0 Å². The first-order valence-corrected chi connectivity index (χ1v) is 9.75. The second-order valence-corrected chi connectivity index (χ2v) is 7.67. The lowest BCUT2D eigenvalue weighted by atomic mass is 10.1. The van der Waals surface area contributed by atoms with Gasteiger partial charge in [0.2, 0.25) is 0 Å². The lowest BCUT2D eigenvalue weighted by Gasteiger charge is -2.20. The zero-order chi connectivity index (χ0) is 18.5. The largest absolute Gasteiger partial charge is 0.318 e. The Morgan fingerprint density at radius 3 is 2.65 bits per heavy atom. The summed E-state index contributed by atoms with van der Waals surface area (Å²) in [7, 11) is 2.06. The number of aromatic nitrogens is 1. The minimum absolute atomic E-state index is 0.486. The molecule has 0 spiro atoms. The Hall–Kier alpha value is -2.25. The van der Waals surface area contributed by atoms with Crippen LogP contribution in [-0.2, 0) is 29.0 Å². The number of benzene rings is 1. The average molecular weight is 372 g/mol. The summed E-state index contributed by atoms with van der Waals surface area (Å²) in [5.41, 5.74) is 2.87. The second-order valence-electron chi connectivity index (χ2n) is 6.59. The van der Waals surface area contributed by atoms with Crippen LogP contribution in [0.5, 0.6) is 0 Å². The number of thiazole rings is 1. The number of rotatable bonds is 5. The molecule has 0 radical (unpaired) electrons. The first kappa shape index (κ1) is 18.5. The maximum absolute atomic E-state index is 12.1. The van der Waals surface area contributed by atoms with Gasteiger partial charge in [0.25, 0.3) is 0 Å². The molecule has 0 aliphatic carbocycles. The molecule has 0 atom stereocenters. The van der Waals surface area contributed by atoms with Crippen LogP contribution in [0.1, 0.15) is 35.9 Å². The van der Waals surface area contributed by atoms with Gasteiger partial charge in [0.05, 0.1) is 5.69 Å². The van der Waals surface area contributed by atoms with Gasteiger partial charge >= 0.3 is 11.8 Å². The van der Waals surface area contributed by atoms with Crippen LogP contribution in [0.25, 0.3) is 0 Å². The summed E-state index contributed by atoms with van der Waals surface area (Å²) in [4.78, 5) is 32.0. The lowest BCUT2D eigenvalue weighted by molar-refractivity contribution is -0.132. The lowest BCUT2D eigenvalue weighted by Crippen LogP contribution is -2.29. The van der Waals surface area contributed by atoms with E-state index >= 15 is 0 Å². The first-order chi connectivity index (χ1) is 12.5. The van der Waals surface area contributed by atoms with E-state index in [2.05, 4.69) is 34.5 Å². The van der Waals surface area contributed by atoms with E-state index in [-0.39, 0.29) is 0 Å². The van der Waals surface area contributed by atoms with Gasteiger partial charge in [-0.3, -0.25) is 14.9 Å². The maximum atomic E-state index is 12.1. The molecule has 2 N–H and O–H groups in total. The number of aryl methyl sites for hydroxylation is 1. The number of likely N-dealkylation sites (N-methyl/N-ethyl adjacent to an activating group) is 1. The molecule has 0 bridgehead atoms. The molecule has 7 heteroatoms. The van der Waals surface area contributed by atoms with Crippen molar-refractivity contribution in [2.75, 3.05) is 24.2 Å². The van der Waals surface area contributed by atoms with Crippen LogP contribution in [0.2, 0.25) is 0 Å². The Balaban J connectivity index is 1.55. The van der Waals surface area contributed by atoms with Gasteiger partial charge in [-0.1, -0.05) is 25.5 Å². The molecular weight excluding hydrogens is 348 g/mol. The number of hydrogen-bond acceptors (Lipinski definition) is 5. The molecule has 26 heavy (non-hydrogen) atoms. The second kappa shape index (κ2) is 8.42. The smallest absolute Gasteiger partial charge is 0.315 e. The molecule has 1 aromatic carbocycles. The fourth-order valence-corrected chi connectivity index (χ4v) is 3.94. The third kappa shape index (κ3) is 4.68. The Morgan fingerprint density at radius 1 is 1.19 bits per heavy atom. The zero-order valence-electron chi connectivity index (χ0n) is 15.2. The van der Waals surface area contributed by atoms with Gasteiger partial charge in [-0.15, -0.1) is 11.3 Å². The SMILES string of the molecule is CCCCc1ccc(NC(=O)C(=O)Nc2nc3c(s2)CN(C)CC3)cc1. The molecule has 6 nitrogen and oxygen atoms in total. The molecule has 0 unspecified atom stereocenters. The summed E-state index contributed by atoms with van der Waals surface area (Å²) in [6.07, 6.45) is 4.18. The van der Waals surface area contributed by atoms with Crippen molar-refractivity contribution >= 4 is 34.0 Å². The van der Waals surface area contributed by atoms with Crippen LogP contribution in [0.3, 0.4) is 0 Å². The highest BCUT2D eigenvalue weighted by molar-refractivity contribution is 7.16. The van der Waals surface area contributed by atoms with E-state index in [1.807, 2.05) is 24.3 Å². The van der Waals surface area contributed by atoms with Crippen LogP contribution in [0.4, 0.5) is 10.8 Å². The molecule has 0 fully saturated rings. The number of unbranched alkanes of at least 4 members (excludes halogenated alkanes) is 1. The molecule has 1 aromatic heterocycles. The summed E-state index contributed by atoms with van der Waals surface area (Å²) in [5.74, 6) is -1.38.